The fraction of sp³-hybridized carbons (Fsp3) is 1.00. The molecule has 3 heteroatoms. The van der Waals surface area contributed by atoms with Crippen molar-refractivity contribution in [3.63, 3.8) is 0 Å². The van der Waals surface area contributed by atoms with Crippen LogP contribution in [0.5, 0.6) is 0 Å². The van der Waals surface area contributed by atoms with E-state index >= 15 is 0 Å². The van der Waals surface area contributed by atoms with Gasteiger partial charge in [-0.15, -0.1) is 0 Å². The molecule has 3 nitrogen and oxygen atoms in total. The molecule has 0 aromatic heterocycles. The Morgan fingerprint density at radius 2 is 1.53 bits per heavy atom. The third-order valence-corrected chi connectivity index (χ3v) is 2.37. The maximum atomic E-state index is 5.45. The number of ether oxygens (including phenoxy) is 3. The molecular weight excluding hydrogens is 192 g/mol. The van der Waals surface area contributed by atoms with Crippen LogP contribution in [0.25, 0.3) is 0 Å². The van der Waals surface area contributed by atoms with Gasteiger partial charge in [-0.3, -0.25) is 0 Å². The SMILES string of the molecule is CCCCCOCCOCCOC1CC1. The normalized spacial score (nSPS) is 15.8. The van der Waals surface area contributed by atoms with E-state index < -0.39 is 0 Å². The van der Waals surface area contributed by atoms with E-state index in [-0.39, 0.29) is 0 Å². The highest BCUT2D eigenvalue weighted by molar-refractivity contribution is 4.72. The molecule has 0 atom stereocenters. The van der Waals surface area contributed by atoms with E-state index in [0.717, 1.165) is 13.2 Å². The maximum Gasteiger partial charge on any atom is 0.0704 e. The first kappa shape index (κ1) is 12.9. The van der Waals surface area contributed by atoms with Crippen molar-refractivity contribution in [2.45, 2.75) is 45.1 Å². The minimum Gasteiger partial charge on any atom is -0.379 e. The van der Waals surface area contributed by atoms with E-state index in [1.165, 1.54) is 32.1 Å². The van der Waals surface area contributed by atoms with Gasteiger partial charge in [-0.25, -0.2) is 0 Å². The summed E-state index contributed by atoms with van der Waals surface area (Å²) in [4.78, 5) is 0. The standard InChI is InChI=1S/C12H24O3/c1-2-3-4-7-13-8-9-14-10-11-15-12-5-6-12/h12H,2-11H2,1H3. The number of unbranched alkanes of at least 4 members (excludes halogenated alkanes) is 2. The molecule has 0 amide bonds. The Bertz CT molecular complexity index is 135. The molecule has 1 aliphatic carbocycles. The molecule has 0 heterocycles. The quantitative estimate of drug-likeness (QED) is 0.496. The molecule has 0 aromatic carbocycles. The van der Waals surface area contributed by atoms with Crippen LogP contribution >= 0.6 is 0 Å². The van der Waals surface area contributed by atoms with Crippen molar-refractivity contribution < 1.29 is 14.2 Å². The minimum absolute atomic E-state index is 0.541. The molecule has 0 aromatic rings. The zero-order chi connectivity index (χ0) is 10.8. The number of rotatable bonds is 11. The van der Waals surface area contributed by atoms with Crippen LogP contribution in [0.4, 0.5) is 0 Å². The zero-order valence-electron chi connectivity index (χ0n) is 9.87. The summed E-state index contributed by atoms with van der Waals surface area (Å²) in [6.45, 7) is 5.92. The third kappa shape index (κ3) is 8.85. The first-order chi connectivity index (χ1) is 7.43. The van der Waals surface area contributed by atoms with Crippen LogP contribution in [0.1, 0.15) is 39.0 Å². The molecule has 90 valence electrons. The molecule has 0 radical (unpaired) electrons. The fourth-order valence-electron chi connectivity index (χ4n) is 1.28. The van der Waals surface area contributed by atoms with E-state index in [2.05, 4.69) is 6.92 Å². The van der Waals surface area contributed by atoms with E-state index in [1.54, 1.807) is 0 Å². The highest BCUT2D eigenvalue weighted by Crippen LogP contribution is 2.22. The Morgan fingerprint density at radius 3 is 2.20 bits per heavy atom. The van der Waals surface area contributed by atoms with Crippen molar-refractivity contribution >= 4 is 0 Å². The van der Waals surface area contributed by atoms with E-state index in [9.17, 15) is 0 Å². The lowest BCUT2D eigenvalue weighted by Gasteiger charge is -2.05. The molecule has 0 aliphatic heterocycles. The molecule has 1 rings (SSSR count). The van der Waals surface area contributed by atoms with Gasteiger partial charge in [-0.2, -0.15) is 0 Å². The molecular formula is C12H24O3. The lowest BCUT2D eigenvalue weighted by atomic mass is 10.3. The van der Waals surface area contributed by atoms with Crippen molar-refractivity contribution in [1.29, 1.82) is 0 Å². The molecule has 15 heavy (non-hydrogen) atoms. The topological polar surface area (TPSA) is 27.7 Å². The van der Waals surface area contributed by atoms with Crippen LogP contribution in [-0.2, 0) is 14.2 Å². The van der Waals surface area contributed by atoms with Gasteiger partial charge in [-0.1, -0.05) is 19.8 Å². The molecule has 1 fully saturated rings. The molecule has 1 aliphatic rings. The summed E-state index contributed by atoms with van der Waals surface area (Å²) in [5, 5.41) is 0. The summed E-state index contributed by atoms with van der Waals surface area (Å²) in [5.74, 6) is 0. The monoisotopic (exact) mass is 216 g/mol. The van der Waals surface area contributed by atoms with Gasteiger partial charge in [0, 0.05) is 6.61 Å². The molecule has 1 saturated carbocycles. The Labute approximate surface area is 93.1 Å². The summed E-state index contributed by atoms with van der Waals surface area (Å²) in [5.41, 5.74) is 0. The Morgan fingerprint density at radius 1 is 0.867 bits per heavy atom. The smallest absolute Gasteiger partial charge is 0.0704 e. The van der Waals surface area contributed by atoms with E-state index in [4.69, 9.17) is 14.2 Å². The van der Waals surface area contributed by atoms with Crippen LogP contribution in [0.2, 0.25) is 0 Å². The van der Waals surface area contributed by atoms with Crippen LogP contribution in [0, 0.1) is 0 Å². The van der Waals surface area contributed by atoms with Crippen molar-refractivity contribution in [2.75, 3.05) is 33.0 Å². The highest BCUT2D eigenvalue weighted by Gasteiger charge is 2.21. The van der Waals surface area contributed by atoms with Gasteiger partial charge in [-0.05, 0) is 19.3 Å². The van der Waals surface area contributed by atoms with Crippen molar-refractivity contribution in [2.24, 2.45) is 0 Å². The van der Waals surface area contributed by atoms with Crippen LogP contribution in [0.3, 0.4) is 0 Å². The fourth-order valence-corrected chi connectivity index (χ4v) is 1.28. The summed E-state index contributed by atoms with van der Waals surface area (Å²) < 4.78 is 16.2. The average Bonchev–Trinajstić information content (AvgIpc) is 3.05. The van der Waals surface area contributed by atoms with Gasteiger partial charge >= 0.3 is 0 Å². The second-order valence-electron chi connectivity index (χ2n) is 4.00. The molecule has 0 unspecified atom stereocenters. The van der Waals surface area contributed by atoms with Gasteiger partial charge in [0.15, 0.2) is 0 Å². The minimum atomic E-state index is 0.541. The Balaban J connectivity index is 1.62. The molecule has 0 saturated heterocycles. The first-order valence-corrected chi connectivity index (χ1v) is 6.20. The summed E-state index contributed by atoms with van der Waals surface area (Å²) in [7, 11) is 0. The summed E-state index contributed by atoms with van der Waals surface area (Å²) in [6, 6.07) is 0. The second-order valence-corrected chi connectivity index (χ2v) is 4.00. The average molecular weight is 216 g/mol. The van der Waals surface area contributed by atoms with Crippen molar-refractivity contribution in [1.82, 2.24) is 0 Å². The highest BCUT2D eigenvalue weighted by atomic mass is 16.5. The number of hydrogen-bond acceptors (Lipinski definition) is 3. The largest absolute Gasteiger partial charge is 0.379 e. The first-order valence-electron chi connectivity index (χ1n) is 6.20. The Hall–Kier alpha value is -0.120. The molecule has 0 bridgehead atoms. The lowest BCUT2D eigenvalue weighted by Crippen LogP contribution is -2.10. The summed E-state index contributed by atoms with van der Waals surface area (Å²) >= 11 is 0. The van der Waals surface area contributed by atoms with Gasteiger partial charge in [0.1, 0.15) is 0 Å². The summed E-state index contributed by atoms with van der Waals surface area (Å²) in [6.07, 6.45) is 6.69. The van der Waals surface area contributed by atoms with Crippen LogP contribution < -0.4 is 0 Å². The van der Waals surface area contributed by atoms with Gasteiger partial charge in [0.25, 0.3) is 0 Å². The molecule has 0 N–H and O–H groups in total. The third-order valence-electron chi connectivity index (χ3n) is 2.37. The van der Waals surface area contributed by atoms with Gasteiger partial charge in [0.05, 0.1) is 32.5 Å². The lowest BCUT2D eigenvalue weighted by molar-refractivity contribution is 0.00994. The second kappa shape index (κ2) is 9.13. The maximum absolute atomic E-state index is 5.45. The molecule has 0 spiro atoms. The van der Waals surface area contributed by atoms with Crippen LogP contribution in [0.15, 0.2) is 0 Å². The van der Waals surface area contributed by atoms with E-state index in [0.29, 0.717) is 25.9 Å². The van der Waals surface area contributed by atoms with Gasteiger partial charge < -0.3 is 14.2 Å². The number of hydrogen-bond donors (Lipinski definition) is 0. The predicted octanol–water partition coefficient (Wildman–Crippen LogP) is 2.39. The van der Waals surface area contributed by atoms with Crippen molar-refractivity contribution in [3.8, 4) is 0 Å². The van der Waals surface area contributed by atoms with Crippen LogP contribution in [-0.4, -0.2) is 39.1 Å². The van der Waals surface area contributed by atoms with E-state index in [1.807, 2.05) is 0 Å². The van der Waals surface area contributed by atoms with Crippen molar-refractivity contribution in [3.05, 3.63) is 0 Å². The zero-order valence-corrected chi connectivity index (χ0v) is 9.87. The Kier molecular flexibility index (Phi) is 7.88. The van der Waals surface area contributed by atoms with Gasteiger partial charge in [0.2, 0.25) is 0 Å². The predicted molar refractivity (Wildman–Crippen MR) is 60.1 cm³/mol.